The first-order valence-corrected chi connectivity index (χ1v) is 6.61. The molecule has 19 heavy (non-hydrogen) atoms. The van der Waals surface area contributed by atoms with Gasteiger partial charge in [0, 0.05) is 29.5 Å². The van der Waals surface area contributed by atoms with E-state index in [1.807, 2.05) is 29.1 Å². The van der Waals surface area contributed by atoms with Gasteiger partial charge in [0.05, 0.1) is 5.69 Å². The predicted octanol–water partition coefficient (Wildman–Crippen LogP) is 3.00. The van der Waals surface area contributed by atoms with Gasteiger partial charge in [0.1, 0.15) is 6.61 Å². The van der Waals surface area contributed by atoms with E-state index in [1.165, 1.54) is 6.07 Å². The van der Waals surface area contributed by atoms with Crippen LogP contribution in [0.2, 0.25) is 0 Å². The first-order chi connectivity index (χ1) is 9.13. The SMILES string of the molecule is Cc1cc(OCc2cn3ccsc3n2)c(F)cc1N. The number of fused-ring (bicyclic) bond motifs is 1. The van der Waals surface area contributed by atoms with Gasteiger partial charge in [-0.25, -0.2) is 9.37 Å². The number of hydrogen-bond acceptors (Lipinski definition) is 4. The summed E-state index contributed by atoms with van der Waals surface area (Å²) in [6, 6.07) is 2.87. The first kappa shape index (κ1) is 12.0. The summed E-state index contributed by atoms with van der Waals surface area (Å²) in [7, 11) is 0. The van der Waals surface area contributed by atoms with Crippen LogP contribution in [0.5, 0.6) is 5.75 Å². The maximum atomic E-state index is 13.6. The number of nitrogens with zero attached hydrogens (tertiary/aromatic N) is 2. The van der Waals surface area contributed by atoms with Crippen molar-refractivity contribution < 1.29 is 9.13 Å². The highest BCUT2D eigenvalue weighted by Gasteiger charge is 2.08. The van der Waals surface area contributed by atoms with E-state index in [2.05, 4.69) is 4.98 Å². The van der Waals surface area contributed by atoms with Crippen molar-refractivity contribution in [2.75, 3.05) is 5.73 Å². The number of aromatic nitrogens is 2. The van der Waals surface area contributed by atoms with Crippen LogP contribution in [0, 0.1) is 12.7 Å². The van der Waals surface area contributed by atoms with Crippen LogP contribution in [0.4, 0.5) is 10.1 Å². The number of halogens is 1. The molecule has 2 aromatic heterocycles. The van der Waals surface area contributed by atoms with Crippen molar-refractivity contribution in [1.29, 1.82) is 0 Å². The van der Waals surface area contributed by atoms with E-state index in [4.69, 9.17) is 10.5 Å². The van der Waals surface area contributed by atoms with Crippen LogP contribution in [0.3, 0.4) is 0 Å². The molecule has 0 amide bonds. The molecule has 4 nitrogen and oxygen atoms in total. The van der Waals surface area contributed by atoms with Gasteiger partial charge >= 0.3 is 0 Å². The highest BCUT2D eigenvalue weighted by molar-refractivity contribution is 7.15. The van der Waals surface area contributed by atoms with Crippen molar-refractivity contribution in [1.82, 2.24) is 9.38 Å². The number of benzene rings is 1. The molecular formula is C13H12FN3OS. The minimum Gasteiger partial charge on any atom is -0.484 e. The lowest BCUT2D eigenvalue weighted by Crippen LogP contribution is -2.00. The van der Waals surface area contributed by atoms with Crippen LogP contribution in [-0.2, 0) is 6.61 Å². The summed E-state index contributed by atoms with van der Waals surface area (Å²) in [5.41, 5.74) is 7.61. The minimum atomic E-state index is -0.455. The Kier molecular flexibility index (Phi) is 2.87. The number of rotatable bonds is 3. The molecule has 2 N–H and O–H groups in total. The highest BCUT2D eigenvalue weighted by atomic mass is 32.1. The molecule has 0 radical (unpaired) electrons. The molecule has 0 fully saturated rings. The fourth-order valence-electron chi connectivity index (χ4n) is 1.78. The van der Waals surface area contributed by atoms with Crippen molar-refractivity contribution in [2.45, 2.75) is 13.5 Å². The number of ether oxygens (including phenoxy) is 1. The van der Waals surface area contributed by atoms with Gasteiger partial charge in [0.2, 0.25) is 0 Å². The topological polar surface area (TPSA) is 52.5 Å². The molecule has 1 aromatic carbocycles. The molecular weight excluding hydrogens is 265 g/mol. The Morgan fingerprint density at radius 3 is 3.11 bits per heavy atom. The second-order valence-corrected chi connectivity index (χ2v) is 5.13. The van der Waals surface area contributed by atoms with E-state index < -0.39 is 5.82 Å². The van der Waals surface area contributed by atoms with Gasteiger partial charge in [-0.2, -0.15) is 0 Å². The molecule has 0 aliphatic rings. The number of aryl methyl sites for hydroxylation is 1. The fourth-order valence-corrected chi connectivity index (χ4v) is 2.50. The van der Waals surface area contributed by atoms with Crippen LogP contribution in [0.15, 0.2) is 29.9 Å². The number of nitrogen functional groups attached to an aromatic ring is 1. The van der Waals surface area contributed by atoms with Crippen LogP contribution < -0.4 is 10.5 Å². The van der Waals surface area contributed by atoms with E-state index in [0.717, 1.165) is 16.2 Å². The first-order valence-electron chi connectivity index (χ1n) is 5.73. The molecule has 0 unspecified atom stereocenters. The minimum absolute atomic E-state index is 0.197. The Morgan fingerprint density at radius 1 is 1.47 bits per heavy atom. The molecule has 0 saturated heterocycles. The molecule has 0 bridgehead atoms. The summed E-state index contributed by atoms with van der Waals surface area (Å²) in [6.45, 7) is 2.04. The Balaban J connectivity index is 1.79. The molecule has 3 aromatic rings. The molecule has 0 spiro atoms. The zero-order valence-corrected chi connectivity index (χ0v) is 11.1. The fraction of sp³-hybridized carbons (Fsp3) is 0.154. The second kappa shape index (κ2) is 4.55. The average Bonchev–Trinajstić information content (AvgIpc) is 2.92. The summed E-state index contributed by atoms with van der Waals surface area (Å²) in [4.78, 5) is 5.26. The number of thiazole rings is 1. The van der Waals surface area contributed by atoms with Crippen molar-refractivity contribution in [3.63, 3.8) is 0 Å². The summed E-state index contributed by atoms with van der Waals surface area (Å²) >= 11 is 1.54. The van der Waals surface area contributed by atoms with Gasteiger partial charge in [-0.15, -0.1) is 11.3 Å². The molecule has 3 rings (SSSR count). The second-order valence-electron chi connectivity index (χ2n) is 4.25. The van der Waals surface area contributed by atoms with E-state index in [1.54, 1.807) is 17.4 Å². The van der Waals surface area contributed by atoms with Crippen molar-refractivity contribution in [3.05, 3.63) is 47.0 Å². The number of imidazole rings is 1. The van der Waals surface area contributed by atoms with Gasteiger partial charge in [-0.3, -0.25) is 4.40 Å². The van der Waals surface area contributed by atoms with Crippen LogP contribution in [0.1, 0.15) is 11.3 Å². The standard InChI is InChI=1S/C13H12FN3OS/c1-8-4-12(10(14)5-11(8)15)18-7-9-6-17-2-3-19-13(17)16-9/h2-6H,7,15H2,1H3. The quantitative estimate of drug-likeness (QED) is 0.749. The number of nitrogens with two attached hydrogens (primary N) is 1. The highest BCUT2D eigenvalue weighted by Crippen LogP contribution is 2.24. The summed E-state index contributed by atoms with van der Waals surface area (Å²) < 4.78 is 21.0. The molecule has 98 valence electrons. The lowest BCUT2D eigenvalue weighted by Gasteiger charge is -2.08. The van der Waals surface area contributed by atoms with Gasteiger partial charge in [-0.05, 0) is 18.6 Å². The Morgan fingerprint density at radius 2 is 2.32 bits per heavy atom. The zero-order valence-electron chi connectivity index (χ0n) is 10.3. The average molecular weight is 277 g/mol. The van der Waals surface area contributed by atoms with E-state index in [0.29, 0.717) is 5.69 Å². The Hall–Kier alpha value is -2.08. The van der Waals surface area contributed by atoms with Crippen LogP contribution in [0.25, 0.3) is 4.96 Å². The molecule has 0 atom stereocenters. The van der Waals surface area contributed by atoms with Gasteiger partial charge in [-0.1, -0.05) is 0 Å². The third-order valence-electron chi connectivity index (χ3n) is 2.84. The van der Waals surface area contributed by atoms with Gasteiger partial charge in [0.15, 0.2) is 16.5 Å². The molecule has 0 saturated carbocycles. The third-order valence-corrected chi connectivity index (χ3v) is 3.61. The maximum absolute atomic E-state index is 13.6. The largest absolute Gasteiger partial charge is 0.484 e. The van der Waals surface area contributed by atoms with E-state index in [-0.39, 0.29) is 12.4 Å². The smallest absolute Gasteiger partial charge is 0.193 e. The molecule has 2 heterocycles. The van der Waals surface area contributed by atoms with E-state index >= 15 is 0 Å². The summed E-state index contributed by atoms with van der Waals surface area (Å²) in [5, 5.41) is 1.95. The normalized spacial score (nSPS) is 11.1. The van der Waals surface area contributed by atoms with Crippen LogP contribution in [-0.4, -0.2) is 9.38 Å². The molecule has 0 aliphatic heterocycles. The number of hydrogen-bond donors (Lipinski definition) is 1. The maximum Gasteiger partial charge on any atom is 0.193 e. The molecule has 0 aliphatic carbocycles. The Bertz CT molecular complexity index is 706. The monoisotopic (exact) mass is 277 g/mol. The van der Waals surface area contributed by atoms with Crippen LogP contribution >= 0.6 is 11.3 Å². The third kappa shape index (κ3) is 2.26. The van der Waals surface area contributed by atoms with Crippen molar-refractivity contribution in [2.24, 2.45) is 0 Å². The van der Waals surface area contributed by atoms with Crippen molar-refractivity contribution >= 4 is 22.0 Å². The summed E-state index contributed by atoms with van der Waals surface area (Å²) in [6.07, 6.45) is 3.79. The Labute approximate surface area is 113 Å². The predicted molar refractivity (Wildman–Crippen MR) is 73.0 cm³/mol. The van der Waals surface area contributed by atoms with Crippen molar-refractivity contribution in [3.8, 4) is 5.75 Å². The molecule has 6 heteroatoms. The van der Waals surface area contributed by atoms with E-state index in [9.17, 15) is 4.39 Å². The number of anilines is 1. The van der Waals surface area contributed by atoms with Gasteiger partial charge < -0.3 is 10.5 Å². The van der Waals surface area contributed by atoms with Gasteiger partial charge in [0.25, 0.3) is 0 Å². The zero-order chi connectivity index (χ0) is 13.4. The summed E-state index contributed by atoms with van der Waals surface area (Å²) in [5.74, 6) is -0.257. The lowest BCUT2D eigenvalue weighted by molar-refractivity contribution is 0.286. The lowest BCUT2D eigenvalue weighted by atomic mass is 10.2.